The molecule has 45 heavy (non-hydrogen) atoms. The Balaban J connectivity index is 1.55. The first-order valence-electron chi connectivity index (χ1n) is 15.2. The number of aromatic nitrogens is 3. The molecule has 0 N–H and O–H groups in total. The quantitative estimate of drug-likeness (QED) is 0.168. The smallest absolute Gasteiger partial charge is 0.282 e. The van der Waals surface area contributed by atoms with Gasteiger partial charge in [0.05, 0.1) is 35.4 Å². The van der Waals surface area contributed by atoms with Crippen molar-refractivity contribution in [2.24, 2.45) is 5.10 Å². The molecule has 6 rings (SSSR count). The van der Waals surface area contributed by atoms with E-state index >= 15 is 0 Å². The molecule has 2 aromatic heterocycles. The van der Waals surface area contributed by atoms with E-state index in [0.29, 0.717) is 35.4 Å². The summed E-state index contributed by atoms with van der Waals surface area (Å²) in [4.78, 5) is 19.1. The first kappa shape index (κ1) is 29.6. The molecule has 0 aliphatic rings. The topological polar surface area (TPSA) is 85.2 Å². The predicted octanol–water partition coefficient (Wildman–Crippen LogP) is 7.96. The highest BCUT2D eigenvalue weighted by Crippen LogP contribution is 2.34. The molecule has 224 valence electrons. The van der Waals surface area contributed by atoms with Gasteiger partial charge in [-0.3, -0.25) is 4.79 Å². The SMILES string of the molecule is CCOc1cc(C)c(-c2nc3ccccc3c(=O)n2N=Cc2c(C)n(Cc3ccccc3C#N)c3ccccc23)cc1C(C)C. The fourth-order valence-corrected chi connectivity index (χ4v) is 5.95. The summed E-state index contributed by atoms with van der Waals surface area (Å²) in [6.07, 6.45) is 1.76. The van der Waals surface area contributed by atoms with Crippen molar-refractivity contribution in [3.8, 4) is 23.2 Å². The molecule has 0 saturated heterocycles. The molecule has 2 heterocycles. The average molecular weight is 594 g/mol. The van der Waals surface area contributed by atoms with E-state index in [-0.39, 0.29) is 11.5 Å². The summed E-state index contributed by atoms with van der Waals surface area (Å²) in [5.41, 5.74) is 7.69. The van der Waals surface area contributed by atoms with Gasteiger partial charge in [0.2, 0.25) is 0 Å². The van der Waals surface area contributed by atoms with E-state index in [1.807, 2.05) is 81.4 Å². The normalized spacial score (nSPS) is 11.6. The molecule has 6 aromatic rings. The summed E-state index contributed by atoms with van der Waals surface area (Å²) in [5.74, 6) is 1.52. The second-order valence-electron chi connectivity index (χ2n) is 11.5. The first-order valence-corrected chi connectivity index (χ1v) is 15.2. The summed E-state index contributed by atoms with van der Waals surface area (Å²) in [7, 11) is 0. The minimum Gasteiger partial charge on any atom is -0.494 e. The number of aryl methyl sites for hydroxylation is 1. The van der Waals surface area contributed by atoms with Gasteiger partial charge in [-0.15, -0.1) is 0 Å². The van der Waals surface area contributed by atoms with E-state index in [4.69, 9.17) is 14.8 Å². The molecule has 0 fully saturated rings. The van der Waals surface area contributed by atoms with Crippen LogP contribution in [0, 0.1) is 25.2 Å². The highest BCUT2D eigenvalue weighted by molar-refractivity contribution is 6.01. The van der Waals surface area contributed by atoms with Gasteiger partial charge in [0.25, 0.3) is 5.56 Å². The van der Waals surface area contributed by atoms with Crippen LogP contribution in [-0.2, 0) is 6.54 Å². The van der Waals surface area contributed by atoms with Crippen LogP contribution in [0.4, 0.5) is 0 Å². The van der Waals surface area contributed by atoms with Gasteiger partial charge >= 0.3 is 0 Å². The summed E-state index contributed by atoms with van der Waals surface area (Å²) in [5, 5.41) is 16.1. The van der Waals surface area contributed by atoms with E-state index in [2.05, 4.69) is 42.7 Å². The minimum atomic E-state index is -0.240. The van der Waals surface area contributed by atoms with Crippen LogP contribution in [0.15, 0.2) is 94.8 Å². The number of fused-ring (bicyclic) bond motifs is 2. The lowest BCUT2D eigenvalue weighted by atomic mass is 9.96. The van der Waals surface area contributed by atoms with Gasteiger partial charge in [0, 0.05) is 34.3 Å². The van der Waals surface area contributed by atoms with Crippen LogP contribution in [0.25, 0.3) is 33.2 Å². The Hall–Kier alpha value is -5.48. The molecule has 0 unspecified atom stereocenters. The molecule has 0 spiro atoms. The molecule has 7 heteroatoms. The van der Waals surface area contributed by atoms with Crippen molar-refractivity contribution in [1.82, 2.24) is 14.2 Å². The number of hydrogen-bond acceptors (Lipinski definition) is 5. The van der Waals surface area contributed by atoms with Gasteiger partial charge in [0.15, 0.2) is 5.82 Å². The summed E-state index contributed by atoms with van der Waals surface area (Å²) < 4.78 is 9.59. The Morgan fingerprint density at radius 1 is 0.978 bits per heavy atom. The molecule has 7 nitrogen and oxygen atoms in total. The minimum absolute atomic E-state index is 0.204. The van der Waals surface area contributed by atoms with E-state index < -0.39 is 0 Å². The maximum atomic E-state index is 14.1. The number of benzene rings is 4. The van der Waals surface area contributed by atoms with Crippen molar-refractivity contribution in [2.45, 2.75) is 47.1 Å². The van der Waals surface area contributed by atoms with Crippen molar-refractivity contribution in [2.75, 3.05) is 6.61 Å². The van der Waals surface area contributed by atoms with Crippen LogP contribution >= 0.6 is 0 Å². The number of para-hydroxylation sites is 2. The van der Waals surface area contributed by atoms with Gasteiger partial charge in [-0.05, 0) is 79.8 Å². The van der Waals surface area contributed by atoms with Crippen LogP contribution in [0.2, 0.25) is 0 Å². The number of nitriles is 1. The zero-order valence-corrected chi connectivity index (χ0v) is 26.2. The third-order valence-corrected chi connectivity index (χ3v) is 8.32. The predicted molar refractivity (Wildman–Crippen MR) is 181 cm³/mol. The Labute approximate surface area is 262 Å². The largest absolute Gasteiger partial charge is 0.494 e. The van der Waals surface area contributed by atoms with Crippen molar-refractivity contribution in [1.29, 1.82) is 5.26 Å². The first-order chi connectivity index (χ1) is 21.8. The standard InChI is InChI=1S/C38H35N5O2/c1-6-45-36-19-25(4)32(20-31(36)24(2)3)37-41-34-17-11-9-16-30(34)38(44)43(37)40-22-33-26(5)42(35-18-12-10-15-29(33)35)23-28-14-8-7-13-27(28)21-39/h7-20,22,24H,6,23H2,1-5H3. The summed E-state index contributed by atoms with van der Waals surface area (Å²) in [6, 6.07) is 29.6. The second kappa shape index (κ2) is 12.3. The van der Waals surface area contributed by atoms with Crippen LogP contribution in [0.3, 0.4) is 0 Å². The number of nitrogens with zero attached hydrogens (tertiary/aromatic N) is 5. The van der Waals surface area contributed by atoms with E-state index in [9.17, 15) is 10.1 Å². The van der Waals surface area contributed by atoms with Crippen LogP contribution < -0.4 is 10.3 Å². The van der Waals surface area contributed by atoms with Gasteiger partial charge < -0.3 is 9.30 Å². The number of ether oxygens (including phenoxy) is 1. The monoisotopic (exact) mass is 593 g/mol. The molecule has 0 atom stereocenters. The summed E-state index contributed by atoms with van der Waals surface area (Å²) >= 11 is 0. The van der Waals surface area contributed by atoms with Crippen LogP contribution in [0.1, 0.15) is 60.2 Å². The molecule has 0 aliphatic carbocycles. The second-order valence-corrected chi connectivity index (χ2v) is 11.5. The maximum Gasteiger partial charge on any atom is 0.282 e. The Morgan fingerprint density at radius 2 is 1.69 bits per heavy atom. The molecule has 0 bridgehead atoms. The number of hydrogen-bond donors (Lipinski definition) is 0. The Kier molecular flexibility index (Phi) is 8.06. The molecular formula is C38H35N5O2. The molecule has 4 aromatic carbocycles. The molecule has 0 amide bonds. The lowest BCUT2D eigenvalue weighted by molar-refractivity contribution is 0.335. The third kappa shape index (κ3) is 5.40. The highest BCUT2D eigenvalue weighted by Gasteiger charge is 2.19. The van der Waals surface area contributed by atoms with Crippen LogP contribution in [0.5, 0.6) is 5.75 Å². The number of rotatable bonds is 8. The zero-order chi connectivity index (χ0) is 31.7. The van der Waals surface area contributed by atoms with E-state index in [1.165, 1.54) is 4.68 Å². The molecule has 0 saturated carbocycles. The lowest BCUT2D eigenvalue weighted by Gasteiger charge is -2.18. The van der Waals surface area contributed by atoms with Crippen LogP contribution in [-0.4, -0.2) is 27.0 Å². The van der Waals surface area contributed by atoms with Crippen molar-refractivity contribution in [3.05, 3.63) is 129 Å². The molecule has 0 aliphatic heterocycles. The highest BCUT2D eigenvalue weighted by atomic mass is 16.5. The van der Waals surface area contributed by atoms with Gasteiger partial charge in [-0.2, -0.15) is 15.0 Å². The van der Waals surface area contributed by atoms with Crippen molar-refractivity contribution in [3.63, 3.8) is 0 Å². The van der Waals surface area contributed by atoms with E-state index in [0.717, 1.165) is 50.2 Å². The maximum absolute atomic E-state index is 14.1. The zero-order valence-electron chi connectivity index (χ0n) is 26.2. The third-order valence-electron chi connectivity index (χ3n) is 8.32. The van der Waals surface area contributed by atoms with Crippen molar-refractivity contribution >= 4 is 28.0 Å². The van der Waals surface area contributed by atoms with E-state index in [1.54, 1.807) is 12.3 Å². The average Bonchev–Trinajstić information content (AvgIpc) is 3.31. The Bertz CT molecular complexity index is 2200. The fourth-order valence-electron chi connectivity index (χ4n) is 5.95. The van der Waals surface area contributed by atoms with Gasteiger partial charge in [-0.25, -0.2) is 4.98 Å². The van der Waals surface area contributed by atoms with Crippen molar-refractivity contribution < 1.29 is 4.74 Å². The fraction of sp³-hybridized carbons (Fsp3) is 0.211. The molecular weight excluding hydrogens is 558 g/mol. The van der Waals surface area contributed by atoms with Gasteiger partial charge in [0.1, 0.15) is 5.75 Å². The Morgan fingerprint density at radius 3 is 2.44 bits per heavy atom. The molecule has 0 radical (unpaired) electrons. The summed E-state index contributed by atoms with van der Waals surface area (Å²) in [6.45, 7) is 11.4. The van der Waals surface area contributed by atoms with Gasteiger partial charge in [-0.1, -0.05) is 62.4 Å². The lowest BCUT2D eigenvalue weighted by Crippen LogP contribution is -2.21.